The van der Waals surface area contributed by atoms with Gasteiger partial charge in [-0.25, -0.2) is 4.79 Å². The Hall–Kier alpha value is -3.55. The molecule has 3 aromatic rings. The van der Waals surface area contributed by atoms with Crippen LogP contribution in [0.15, 0.2) is 72.8 Å². The number of thiocarbonyl (C=S) groups is 1. The highest BCUT2D eigenvalue weighted by atomic mass is 35.5. The Bertz CT molecular complexity index is 1170. The SMILES string of the molecule is COC(=O)NC(=S)Nc1ccc(C(=O)c2ccccc2)cc1C(=N)c1ccccc1Cl. The van der Waals surface area contributed by atoms with E-state index >= 15 is 0 Å². The van der Waals surface area contributed by atoms with Crippen LogP contribution in [0.1, 0.15) is 27.0 Å². The van der Waals surface area contributed by atoms with Crippen molar-refractivity contribution in [3.8, 4) is 0 Å². The van der Waals surface area contributed by atoms with Crippen molar-refractivity contribution in [1.29, 1.82) is 5.41 Å². The molecule has 6 nitrogen and oxygen atoms in total. The summed E-state index contributed by atoms with van der Waals surface area (Å²) in [6.45, 7) is 0. The molecule has 3 aromatic carbocycles. The average molecular weight is 452 g/mol. The van der Waals surface area contributed by atoms with Gasteiger partial charge in [0.25, 0.3) is 0 Å². The average Bonchev–Trinajstić information content (AvgIpc) is 2.79. The smallest absolute Gasteiger partial charge is 0.413 e. The molecule has 0 heterocycles. The number of rotatable bonds is 5. The number of alkyl carbamates (subject to hydrolysis) is 1. The summed E-state index contributed by atoms with van der Waals surface area (Å²) >= 11 is 11.4. The van der Waals surface area contributed by atoms with E-state index in [0.29, 0.717) is 33.0 Å². The zero-order valence-electron chi connectivity index (χ0n) is 16.4. The molecule has 8 heteroatoms. The summed E-state index contributed by atoms with van der Waals surface area (Å²) in [6, 6.07) is 20.6. The molecular weight excluding hydrogens is 434 g/mol. The molecule has 3 rings (SSSR count). The predicted octanol–water partition coefficient (Wildman–Crippen LogP) is 5.04. The number of ether oxygens (including phenoxy) is 1. The number of methoxy groups -OCH3 is 1. The van der Waals surface area contributed by atoms with E-state index in [-0.39, 0.29) is 16.6 Å². The molecule has 0 aliphatic carbocycles. The zero-order chi connectivity index (χ0) is 22.4. The molecule has 0 saturated heterocycles. The predicted molar refractivity (Wildman–Crippen MR) is 125 cm³/mol. The van der Waals surface area contributed by atoms with E-state index in [1.54, 1.807) is 66.7 Å². The molecule has 31 heavy (non-hydrogen) atoms. The van der Waals surface area contributed by atoms with E-state index in [0.717, 1.165) is 0 Å². The van der Waals surface area contributed by atoms with E-state index in [2.05, 4.69) is 15.4 Å². The molecule has 1 amide bonds. The number of amides is 1. The highest BCUT2D eigenvalue weighted by Gasteiger charge is 2.18. The van der Waals surface area contributed by atoms with Crippen molar-refractivity contribution in [2.75, 3.05) is 12.4 Å². The quantitative estimate of drug-likeness (QED) is 0.287. The van der Waals surface area contributed by atoms with Gasteiger partial charge in [0.15, 0.2) is 10.9 Å². The van der Waals surface area contributed by atoms with Crippen LogP contribution in [0.4, 0.5) is 10.5 Å². The summed E-state index contributed by atoms with van der Waals surface area (Å²) in [7, 11) is 1.22. The molecule has 156 valence electrons. The molecule has 0 unspecified atom stereocenters. The van der Waals surface area contributed by atoms with E-state index in [1.807, 2.05) is 6.07 Å². The molecule has 0 aromatic heterocycles. The fourth-order valence-corrected chi connectivity index (χ4v) is 3.29. The second kappa shape index (κ2) is 9.97. The third-order valence-electron chi connectivity index (χ3n) is 4.38. The lowest BCUT2D eigenvalue weighted by molar-refractivity contribution is 0.103. The van der Waals surface area contributed by atoms with Crippen LogP contribution in [0.2, 0.25) is 5.02 Å². The monoisotopic (exact) mass is 451 g/mol. The first-order valence-corrected chi connectivity index (χ1v) is 9.93. The van der Waals surface area contributed by atoms with Gasteiger partial charge in [-0.05, 0) is 36.5 Å². The van der Waals surface area contributed by atoms with Gasteiger partial charge in [-0.1, -0.05) is 60.1 Å². The van der Waals surface area contributed by atoms with Crippen LogP contribution in [0, 0.1) is 5.41 Å². The van der Waals surface area contributed by atoms with Gasteiger partial charge < -0.3 is 10.1 Å². The number of hydrogen-bond acceptors (Lipinski definition) is 5. The Balaban J connectivity index is 2.03. The number of nitrogens with one attached hydrogen (secondary N) is 3. The Kier molecular flexibility index (Phi) is 7.12. The number of anilines is 1. The molecule has 0 saturated carbocycles. The second-order valence-electron chi connectivity index (χ2n) is 6.38. The van der Waals surface area contributed by atoms with Crippen molar-refractivity contribution in [3.05, 3.63) is 100 Å². The Morgan fingerprint density at radius 3 is 2.29 bits per heavy atom. The lowest BCUT2D eigenvalue weighted by atomic mass is 9.95. The topological polar surface area (TPSA) is 91.3 Å². The van der Waals surface area contributed by atoms with Crippen molar-refractivity contribution in [2.45, 2.75) is 0 Å². The largest absolute Gasteiger partial charge is 0.453 e. The molecule has 0 bridgehead atoms. The third-order valence-corrected chi connectivity index (χ3v) is 4.91. The van der Waals surface area contributed by atoms with Gasteiger partial charge in [-0.15, -0.1) is 0 Å². The zero-order valence-corrected chi connectivity index (χ0v) is 18.0. The van der Waals surface area contributed by atoms with E-state index in [4.69, 9.17) is 29.2 Å². The summed E-state index contributed by atoms with van der Waals surface area (Å²) < 4.78 is 4.54. The van der Waals surface area contributed by atoms with Crippen LogP contribution in [-0.2, 0) is 4.74 Å². The van der Waals surface area contributed by atoms with Crippen LogP contribution in [0.5, 0.6) is 0 Å². The van der Waals surface area contributed by atoms with Gasteiger partial charge in [0.1, 0.15) is 0 Å². The van der Waals surface area contributed by atoms with Crippen molar-refractivity contribution in [3.63, 3.8) is 0 Å². The number of carbonyl (C=O) groups is 2. The first-order valence-electron chi connectivity index (χ1n) is 9.14. The van der Waals surface area contributed by atoms with E-state index < -0.39 is 6.09 Å². The lowest BCUT2D eigenvalue weighted by Crippen LogP contribution is -2.34. The lowest BCUT2D eigenvalue weighted by Gasteiger charge is -2.16. The van der Waals surface area contributed by atoms with Gasteiger partial charge in [-0.2, -0.15) is 0 Å². The van der Waals surface area contributed by atoms with Gasteiger partial charge in [-0.3, -0.25) is 15.5 Å². The fourth-order valence-electron chi connectivity index (χ4n) is 2.86. The maximum atomic E-state index is 12.9. The van der Waals surface area contributed by atoms with E-state index in [1.165, 1.54) is 7.11 Å². The highest BCUT2D eigenvalue weighted by Crippen LogP contribution is 2.26. The normalized spacial score (nSPS) is 10.1. The van der Waals surface area contributed by atoms with Crippen LogP contribution in [-0.4, -0.2) is 29.8 Å². The van der Waals surface area contributed by atoms with Crippen LogP contribution in [0.25, 0.3) is 0 Å². The second-order valence-corrected chi connectivity index (χ2v) is 7.20. The Morgan fingerprint density at radius 2 is 1.61 bits per heavy atom. The molecule has 0 aliphatic rings. The van der Waals surface area contributed by atoms with Gasteiger partial charge >= 0.3 is 6.09 Å². The molecule has 0 fully saturated rings. The fraction of sp³-hybridized carbons (Fsp3) is 0.0435. The van der Waals surface area contributed by atoms with Crippen molar-refractivity contribution < 1.29 is 14.3 Å². The van der Waals surface area contributed by atoms with Gasteiger partial charge in [0.2, 0.25) is 0 Å². The Labute approximate surface area is 189 Å². The van der Waals surface area contributed by atoms with Crippen molar-refractivity contribution in [2.24, 2.45) is 0 Å². The number of halogens is 1. The summed E-state index contributed by atoms with van der Waals surface area (Å²) in [5.41, 5.74) is 2.33. The maximum absolute atomic E-state index is 12.9. The van der Waals surface area contributed by atoms with Gasteiger partial charge in [0, 0.05) is 33.0 Å². The van der Waals surface area contributed by atoms with E-state index in [9.17, 15) is 9.59 Å². The third kappa shape index (κ3) is 5.33. The highest BCUT2D eigenvalue weighted by molar-refractivity contribution is 7.80. The minimum absolute atomic E-state index is 0.0119. The minimum Gasteiger partial charge on any atom is -0.453 e. The standard InChI is InChI=1S/C23H18ClN3O3S/c1-30-23(29)27-22(31)26-19-12-11-15(21(28)14-7-3-2-4-8-14)13-17(19)20(25)16-9-5-6-10-18(16)24/h2-13,25H,1H3,(H2,26,27,29,31). The first-order chi connectivity index (χ1) is 14.9. The molecule has 3 N–H and O–H groups in total. The van der Waals surface area contributed by atoms with Crippen molar-refractivity contribution in [1.82, 2.24) is 5.32 Å². The molecule has 0 spiro atoms. The maximum Gasteiger partial charge on any atom is 0.413 e. The molecule has 0 atom stereocenters. The summed E-state index contributed by atoms with van der Waals surface area (Å²) in [5, 5.41) is 14.3. The number of benzene rings is 3. The van der Waals surface area contributed by atoms with Crippen LogP contribution in [0.3, 0.4) is 0 Å². The minimum atomic E-state index is -0.726. The Morgan fingerprint density at radius 1 is 0.935 bits per heavy atom. The van der Waals surface area contributed by atoms with Crippen LogP contribution >= 0.6 is 23.8 Å². The van der Waals surface area contributed by atoms with Crippen LogP contribution < -0.4 is 10.6 Å². The summed E-state index contributed by atoms with van der Waals surface area (Å²) in [6.07, 6.45) is -0.726. The first kappa shape index (κ1) is 22.1. The summed E-state index contributed by atoms with van der Waals surface area (Å²) in [5.74, 6) is -0.185. The number of hydrogen-bond donors (Lipinski definition) is 3. The van der Waals surface area contributed by atoms with Crippen molar-refractivity contribution >= 4 is 52.2 Å². The molecule has 0 radical (unpaired) electrons. The number of ketones is 1. The van der Waals surface area contributed by atoms with Gasteiger partial charge in [0.05, 0.1) is 12.8 Å². The summed E-state index contributed by atoms with van der Waals surface area (Å²) in [4.78, 5) is 24.4. The molecular formula is C23H18ClN3O3S. The molecule has 0 aliphatic heterocycles. The number of carbonyl (C=O) groups excluding carboxylic acids is 2.